The van der Waals surface area contributed by atoms with Gasteiger partial charge in [0.1, 0.15) is 0 Å². The average molecular weight is 293 g/mol. The van der Waals surface area contributed by atoms with Gasteiger partial charge in [-0.1, -0.05) is 20.8 Å². The van der Waals surface area contributed by atoms with E-state index in [2.05, 4.69) is 26.1 Å². The van der Waals surface area contributed by atoms with Gasteiger partial charge in [-0.2, -0.15) is 0 Å². The maximum atomic E-state index is 6.10. The summed E-state index contributed by atoms with van der Waals surface area (Å²) in [6.07, 6.45) is 7.66. The highest BCUT2D eigenvalue weighted by Gasteiger charge is 2.59. The third kappa shape index (κ3) is 2.19. The molecular weight excluding hydrogens is 262 g/mol. The summed E-state index contributed by atoms with van der Waals surface area (Å²) in [4.78, 5) is 0. The fraction of sp³-hybridized carbons (Fsp3) is 1.00. The third-order valence-corrected chi connectivity index (χ3v) is 7.23. The van der Waals surface area contributed by atoms with Crippen molar-refractivity contribution < 1.29 is 9.47 Å². The van der Waals surface area contributed by atoms with E-state index in [0.717, 1.165) is 45.0 Å². The fourth-order valence-corrected chi connectivity index (χ4v) is 5.99. The van der Waals surface area contributed by atoms with Crippen molar-refractivity contribution in [2.75, 3.05) is 19.8 Å². The second-order valence-electron chi connectivity index (χ2n) is 9.04. The Bertz CT molecular complexity index is 411. The molecule has 4 rings (SSSR count). The van der Waals surface area contributed by atoms with Gasteiger partial charge in [0.05, 0.1) is 12.2 Å². The van der Waals surface area contributed by atoms with Gasteiger partial charge in [-0.05, 0) is 48.9 Å². The minimum atomic E-state index is 0.0264. The van der Waals surface area contributed by atoms with E-state index in [-0.39, 0.29) is 5.60 Å². The molecule has 3 heteroatoms. The minimum absolute atomic E-state index is 0.0264. The average Bonchev–Trinajstić information content (AvgIpc) is 3.08. The van der Waals surface area contributed by atoms with E-state index in [1.165, 1.54) is 19.3 Å². The SMILES string of the molecule is CC12CCC(C1)C(C)(C)C2NC1CCOC2(CCOC2)C1. The zero-order valence-corrected chi connectivity index (χ0v) is 13.9. The molecule has 1 N–H and O–H groups in total. The van der Waals surface area contributed by atoms with E-state index in [4.69, 9.17) is 9.47 Å². The summed E-state index contributed by atoms with van der Waals surface area (Å²) in [6.45, 7) is 10.1. The highest BCUT2D eigenvalue weighted by atomic mass is 16.6. The van der Waals surface area contributed by atoms with E-state index < -0.39 is 0 Å². The highest BCUT2D eigenvalue weighted by molar-refractivity contribution is 5.13. The Hall–Kier alpha value is -0.120. The number of hydrogen-bond acceptors (Lipinski definition) is 3. The minimum Gasteiger partial charge on any atom is -0.378 e. The van der Waals surface area contributed by atoms with Crippen molar-refractivity contribution in [1.82, 2.24) is 5.32 Å². The van der Waals surface area contributed by atoms with Gasteiger partial charge in [-0.15, -0.1) is 0 Å². The van der Waals surface area contributed by atoms with Gasteiger partial charge in [0.2, 0.25) is 0 Å². The largest absolute Gasteiger partial charge is 0.378 e. The molecule has 4 fully saturated rings. The van der Waals surface area contributed by atoms with Crippen LogP contribution < -0.4 is 5.32 Å². The standard InChI is InChI=1S/C18H31NO2/c1-16(2)13-4-6-17(3,10-13)15(16)19-14-5-8-21-18(11-14)7-9-20-12-18/h13-15,19H,4-12H2,1-3H3. The zero-order valence-electron chi connectivity index (χ0n) is 13.9. The summed E-state index contributed by atoms with van der Waals surface area (Å²) in [5.74, 6) is 0.920. The first-order chi connectivity index (χ1) is 9.94. The first kappa shape index (κ1) is 14.5. The van der Waals surface area contributed by atoms with Gasteiger partial charge in [-0.25, -0.2) is 0 Å². The van der Waals surface area contributed by atoms with Crippen LogP contribution in [0, 0.1) is 16.7 Å². The van der Waals surface area contributed by atoms with Crippen molar-refractivity contribution in [2.45, 2.75) is 77.0 Å². The predicted octanol–water partition coefficient (Wildman–Crippen LogP) is 3.13. The van der Waals surface area contributed by atoms with Crippen molar-refractivity contribution in [3.63, 3.8) is 0 Å². The fourth-order valence-electron chi connectivity index (χ4n) is 5.99. The second-order valence-corrected chi connectivity index (χ2v) is 9.04. The molecule has 0 radical (unpaired) electrons. The molecule has 2 saturated heterocycles. The lowest BCUT2D eigenvalue weighted by Crippen LogP contribution is -2.57. The van der Waals surface area contributed by atoms with Crippen molar-refractivity contribution in [2.24, 2.45) is 16.7 Å². The predicted molar refractivity (Wildman–Crippen MR) is 83.3 cm³/mol. The lowest BCUT2D eigenvalue weighted by atomic mass is 9.68. The molecule has 2 heterocycles. The molecule has 21 heavy (non-hydrogen) atoms. The van der Waals surface area contributed by atoms with Crippen LogP contribution in [-0.2, 0) is 9.47 Å². The summed E-state index contributed by atoms with van der Waals surface area (Å²) in [5.41, 5.74) is 0.995. The van der Waals surface area contributed by atoms with E-state index in [9.17, 15) is 0 Å². The topological polar surface area (TPSA) is 30.5 Å². The smallest absolute Gasteiger partial charge is 0.0951 e. The summed E-state index contributed by atoms with van der Waals surface area (Å²) in [5, 5.41) is 4.10. The summed E-state index contributed by atoms with van der Waals surface area (Å²) in [6, 6.07) is 1.28. The first-order valence-electron chi connectivity index (χ1n) is 8.91. The molecule has 5 unspecified atom stereocenters. The van der Waals surface area contributed by atoms with Crippen LogP contribution in [0.2, 0.25) is 0 Å². The molecule has 4 aliphatic rings. The van der Waals surface area contributed by atoms with Crippen LogP contribution in [0.5, 0.6) is 0 Å². The molecule has 2 aliphatic carbocycles. The van der Waals surface area contributed by atoms with Gasteiger partial charge < -0.3 is 14.8 Å². The molecule has 5 atom stereocenters. The maximum Gasteiger partial charge on any atom is 0.0951 e. The molecule has 0 aromatic heterocycles. The number of hydrogen-bond donors (Lipinski definition) is 1. The zero-order chi connectivity index (χ0) is 14.7. The molecule has 2 aliphatic heterocycles. The lowest BCUT2D eigenvalue weighted by molar-refractivity contribution is -0.0939. The summed E-state index contributed by atoms with van der Waals surface area (Å²) >= 11 is 0. The monoisotopic (exact) mass is 293 g/mol. The molecule has 3 nitrogen and oxygen atoms in total. The quantitative estimate of drug-likeness (QED) is 0.848. The number of fused-ring (bicyclic) bond motifs is 2. The second kappa shape index (κ2) is 4.69. The Kier molecular flexibility index (Phi) is 3.23. The highest BCUT2D eigenvalue weighted by Crippen LogP contribution is 2.62. The van der Waals surface area contributed by atoms with Crippen LogP contribution in [0.4, 0.5) is 0 Å². The Balaban J connectivity index is 1.48. The Morgan fingerprint density at radius 3 is 2.52 bits per heavy atom. The van der Waals surface area contributed by atoms with Gasteiger partial charge in [0.15, 0.2) is 0 Å². The van der Waals surface area contributed by atoms with Crippen LogP contribution in [0.1, 0.15) is 59.3 Å². The molecule has 120 valence electrons. The van der Waals surface area contributed by atoms with Crippen molar-refractivity contribution in [3.05, 3.63) is 0 Å². The van der Waals surface area contributed by atoms with Gasteiger partial charge in [0.25, 0.3) is 0 Å². The molecule has 2 bridgehead atoms. The van der Waals surface area contributed by atoms with Gasteiger partial charge in [0, 0.05) is 31.7 Å². The summed E-state index contributed by atoms with van der Waals surface area (Å²) in [7, 11) is 0. The molecule has 0 amide bonds. The molecule has 0 aromatic rings. The normalized spacial score (nSPS) is 51.9. The lowest BCUT2D eigenvalue weighted by Gasteiger charge is -2.47. The van der Waals surface area contributed by atoms with E-state index in [1.54, 1.807) is 0 Å². The van der Waals surface area contributed by atoms with Crippen molar-refractivity contribution >= 4 is 0 Å². The van der Waals surface area contributed by atoms with E-state index in [1.807, 2.05) is 0 Å². The van der Waals surface area contributed by atoms with Crippen molar-refractivity contribution in [3.8, 4) is 0 Å². The van der Waals surface area contributed by atoms with Crippen LogP contribution >= 0.6 is 0 Å². The Morgan fingerprint density at radius 2 is 1.86 bits per heavy atom. The van der Waals surface area contributed by atoms with Gasteiger partial charge in [-0.3, -0.25) is 0 Å². The number of ether oxygens (including phenoxy) is 2. The maximum absolute atomic E-state index is 6.10. The molecule has 2 saturated carbocycles. The number of nitrogens with one attached hydrogen (secondary N) is 1. The van der Waals surface area contributed by atoms with Crippen LogP contribution in [0.25, 0.3) is 0 Å². The van der Waals surface area contributed by atoms with Gasteiger partial charge >= 0.3 is 0 Å². The van der Waals surface area contributed by atoms with E-state index in [0.29, 0.717) is 22.9 Å². The first-order valence-corrected chi connectivity index (χ1v) is 8.91. The van der Waals surface area contributed by atoms with E-state index >= 15 is 0 Å². The van der Waals surface area contributed by atoms with Crippen LogP contribution in [-0.4, -0.2) is 37.5 Å². The summed E-state index contributed by atoms with van der Waals surface area (Å²) < 4.78 is 11.7. The van der Waals surface area contributed by atoms with Crippen molar-refractivity contribution in [1.29, 1.82) is 0 Å². The molecule has 0 aromatic carbocycles. The molecular formula is C18H31NO2. The van der Waals surface area contributed by atoms with Crippen LogP contribution in [0.3, 0.4) is 0 Å². The molecule has 1 spiro atoms. The third-order valence-electron chi connectivity index (χ3n) is 7.23. The van der Waals surface area contributed by atoms with Crippen LogP contribution in [0.15, 0.2) is 0 Å². The number of rotatable bonds is 2. The Labute approximate surface area is 129 Å². The Morgan fingerprint density at radius 1 is 1.00 bits per heavy atom.